The topological polar surface area (TPSA) is 18.5 Å². The lowest BCUT2D eigenvalue weighted by molar-refractivity contribution is 0.266. The Balaban J connectivity index is 0.879. The van der Waals surface area contributed by atoms with Gasteiger partial charge in [-0.3, -0.25) is 0 Å². The van der Waals surface area contributed by atoms with Gasteiger partial charge in [0.2, 0.25) is 0 Å². The lowest BCUT2D eigenvalue weighted by Gasteiger charge is -2.37. The molecule has 2 aliphatic rings. The molecule has 0 saturated carbocycles. The number of benzene rings is 6. The average molecular weight is 627 g/mol. The van der Waals surface area contributed by atoms with Crippen molar-refractivity contribution in [2.45, 2.75) is 44.4 Å². The van der Waals surface area contributed by atoms with Crippen molar-refractivity contribution in [2.24, 2.45) is 5.92 Å². The van der Waals surface area contributed by atoms with Gasteiger partial charge in [0.1, 0.15) is 11.5 Å². The fourth-order valence-corrected chi connectivity index (χ4v) is 8.58. The Morgan fingerprint density at radius 1 is 0.438 bits per heavy atom. The van der Waals surface area contributed by atoms with Crippen molar-refractivity contribution >= 4 is 0 Å². The van der Waals surface area contributed by atoms with E-state index in [0.717, 1.165) is 24.3 Å². The number of rotatable bonds is 10. The summed E-state index contributed by atoms with van der Waals surface area (Å²) in [5.41, 5.74) is 13.1. The van der Waals surface area contributed by atoms with Gasteiger partial charge in [0.05, 0.1) is 13.2 Å². The summed E-state index contributed by atoms with van der Waals surface area (Å²) in [6, 6.07) is 52.9. The molecule has 0 atom stereocenters. The van der Waals surface area contributed by atoms with Crippen LogP contribution >= 0.6 is 0 Å². The fourth-order valence-electron chi connectivity index (χ4n) is 8.58. The summed E-state index contributed by atoms with van der Waals surface area (Å²) in [6.45, 7) is 8.36. The molecule has 0 aromatic heterocycles. The molecule has 0 radical (unpaired) electrons. The smallest absolute Gasteiger partial charge is 0.119 e. The van der Waals surface area contributed by atoms with Crippen molar-refractivity contribution in [1.82, 2.24) is 0 Å². The standard InChI is InChI=1S/C46H42O2/c1-32(2)46(43-20-10-6-16-39(43)40-17-7-11-21-44(40)46)34-24-28-36(29-25-34)48-31-13-12-30-47-35-26-22-33(23-27-35)45(3)41-18-8-4-14-37(41)38-15-5-9-19-42(38)45/h4-11,14-29,32H,12-13,30-31H2,1-3H3. The number of hydrogen-bond acceptors (Lipinski definition) is 2. The summed E-state index contributed by atoms with van der Waals surface area (Å²) >= 11 is 0. The minimum atomic E-state index is -0.178. The molecule has 0 fully saturated rings. The molecule has 6 aromatic rings. The summed E-state index contributed by atoms with van der Waals surface area (Å²) in [5, 5.41) is 0. The van der Waals surface area contributed by atoms with E-state index in [4.69, 9.17) is 9.47 Å². The average Bonchev–Trinajstić information content (AvgIpc) is 3.59. The largest absolute Gasteiger partial charge is 0.494 e. The highest BCUT2D eigenvalue weighted by molar-refractivity contribution is 5.84. The minimum absolute atomic E-state index is 0.176. The van der Waals surface area contributed by atoms with Crippen LogP contribution in [0.4, 0.5) is 0 Å². The number of ether oxygens (including phenoxy) is 2. The Labute approximate surface area is 285 Å². The minimum Gasteiger partial charge on any atom is -0.494 e. The molecule has 2 nitrogen and oxygen atoms in total. The first-order chi connectivity index (χ1) is 23.5. The van der Waals surface area contributed by atoms with E-state index in [2.05, 4.69) is 166 Å². The molecular formula is C46H42O2. The monoisotopic (exact) mass is 626 g/mol. The van der Waals surface area contributed by atoms with Crippen LogP contribution in [-0.4, -0.2) is 13.2 Å². The molecule has 0 heterocycles. The van der Waals surface area contributed by atoms with E-state index in [1.165, 1.54) is 55.6 Å². The Morgan fingerprint density at radius 2 is 0.792 bits per heavy atom. The number of hydrogen-bond donors (Lipinski definition) is 0. The zero-order chi connectivity index (χ0) is 32.7. The Kier molecular flexibility index (Phi) is 7.68. The molecule has 2 aliphatic carbocycles. The van der Waals surface area contributed by atoms with Crippen LogP contribution in [0.15, 0.2) is 146 Å². The van der Waals surface area contributed by atoms with Crippen LogP contribution < -0.4 is 9.47 Å². The molecule has 2 heteroatoms. The Morgan fingerprint density at radius 3 is 1.21 bits per heavy atom. The predicted octanol–water partition coefficient (Wildman–Crippen LogP) is 11.2. The van der Waals surface area contributed by atoms with E-state index in [-0.39, 0.29) is 10.8 Å². The van der Waals surface area contributed by atoms with Crippen molar-refractivity contribution < 1.29 is 9.47 Å². The summed E-state index contributed by atoms with van der Waals surface area (Å²) < 4.78 is 12.3. The maximum absolute atomic E-state index is 6.19. The van der Waals surface area contributed by atoms with Gasteiger partial charge in [-0.15, -0.1) is 0 Å². The number of unbranched alkanes of at least 4 members (excludes halogenated alkanes) is 1. The van der Waals surface area contributed by atoms with E-state index < -0.39 is 0 Å². The van der Waals surface area contributed by atoms with Gasteiger partial charge in [0.25, 0.3) is 0 Å². The second kappa shape index (κ2) is 12.2. The van der Waals surface area contributed by atoms with E-state index in [1.54, 1.807) is 0 Å². The molecule has 0 spiro atoms. The fraction of sp³-hybridized carbons (Fsp3) is 0.217. The highest BCUT2D eigenvalue weighted by atomic mass is 16.5. The molecule has 0 amide bonds. The third kappa shape index (κ3) is 4.69. The first-order valence-corrected chi connectivity index (χ1v) is 17.4. The van der Waals surface area contributed by atoms with Gasteiger partial charge in [-0.2, -0.15) is 0 Å². The first-order valence-electron chi connectivity index (χ1n) is 17.4. The number of fused-ring (bicyclic) bond motifs is 6. The van der Waals surface area contributed by atoms with E-state index in [9.17, 15) is 0 Å². The Hall–Kier alpha value is -5.08. The molecule has 48 heavy (non-hydrogen) atoms. The summed E-state index contributed by atoms with van der Waals surface area (Å²) in [7, 11) is 0. The molecule has 6 aromatic carbocycles. The quantitative estimate of drug-likeness (QED) is 0.141. The molecule has 0 bridgehead atoms. The zero-order valence-corrected chi connectivity index (χ0v) is 28.1. The van der Waals surface area contributed by atoms with E-state index in [1.807, 2.05) is 0 Å². The van der Waals surface area contributed by atoms with Crippen molar-refractivity contribution in [3.05, 3.63) is 179 Å². The summed E-state index contributed by atoms with van der Waals surface area (Å²) in [5.74, 6) is 2.22. The molecular weight excluding hydrogens is 585 g/mol. The second-order valence-corrected chi connectivity index (χ2v) is 13.7. The first kappa shape index (κ1) is 30.3. The van der Waals surface area contributed by atoms with Crippen LogP contribution in [0.25, 0.3) is 22.3 Å². The molecule has 0 aliphatic heterocycles. The molecule has 0 unspecified atom stereocenters. The van der Waals surface area contributed by atoms with Gasteiger partial charge in [0, 0.05) is 10.8 Å². The van der Waals surface area contributed by atoms with Crippen LogP contribution in [-0.2, 0) is 10.8 Å². The van der Waals surface area contributed by atoms with Gasteiger partial charge in [-0.05, 0) is 106 Å². The van der Waals surface area contributed by atoms with Gasteiger partial charge in [-0.1, -0.05) is 135 Å². The summed E-state index contributed by atoms with van der Waals surface area (Å²) in [6.07, 6.45) is 1.87. The summed E-state index contributed by atoms with van der Waals surface area (Å²) in [4.78, 5) is 0. The normalized spacial score (nSPS) is 14.6. The SMILES string of the molecule is CC(C)C1(c2ccc(OCCCCOc3ccc(C4(C)c5ccccc5-c5ccccc54)cc3)cc2)c2ccccc2-c2ccccc21. The van der Waals surface area contributed by atoms with Gasteiger partial charge < -0.3 is 9.47 Å². The zero-order valence-electron chi connectivity index (χ0n) is 28.1. The van der Waals surface area contributed by atoms with Crippen LogP contribution in [0, 0.1) is 5.92 Å². The second-order valence-electron chi connectivity index (χ2n) is 13.7. The molecule has 238 valence electrons. The van der Waals surface area contributed by atoms with Crippen molar-refractivity contribution in [3.8, 4) is 33.8 Å². The Bertz CT molecular complexity index is 1980. The van der Waals surface area contributed by atoms with Gasteiger partial charge in [0.15, 0.2) is 0 Å². The van der Waals surface area contributed by atoms with Gasteiger partial charge in [-0.25, -0.2) is 0 Å². The van der Waals surface area contributed by atoms with Gasteiger partial charge >= 0.3 is 0 Å². The van der Waals surface area contributed by atoms with Crippen LogP contribution in [0.5, 0.6) is 11.5 Å². The third-order valence-corrected chi connectivity index (χ3v) is 10.9. The highest BCUT2D eigenvalue weighted by Gasteiger charge is 2.46. The van der Waals surface area contributed by atoms with Crippen LogP contribution in [0.1, 0.15) is 67.0 Å². The maximum Gasteiger partial charge on any atom is 0.119 e. The van der Waals surface area contributed by atoms with E-state index in [0.29, 0.717) is 19.1 Å². The van der Waals surface area contributed by atoms with Crippen LogP contribution in [0.3, 0.4) is 0 Å². The maximum atomic E-state index is 6.19. The highest BCUT2D eigenvalue weighted by Crippen LogP contribution is 2.56. The van der Waals surface area contributed by atoms with Crippen LogP contribution in [0.2, 0.25) is 0 Å². The third-order valence-electron chi connectivity index (χ3n) is 10.9. The lowest BCUT2D eigenvalue weighted by Crippen LogP contribution is -2.33. The molecule has 0 saturated heterocycles. The van der Waals surface area contributed by atoms with Crippen molar-refractivity contribution in [2.75, 3.05) is 13.2 Å². The molecule has 8 rings (SSSR count). The van der Waals surface area contributed by atoms with Crippen molar-refractivity contribution in [3.63, 3.8) is 0 Å². The predicted molar refractivity (Wildman–Crippen MR) is 197 cm³/mol. The lowest BCUT2D eigenvalue weighted by atomic mass is 9.65. The molecule has 0 N–H and O–H groups in total. The van der Waals surface area contributed by atoms with E-state index >= 15 is 0 Å². The van der Waals surface area contributed by atoms with Crippen molar-refractivity contribution in [1.29, 1.82) is 0 Å².